The quantitative estimate of drug-likeness (QED) is 0.274. The minimum Gasteiger partial charge on any atom is -0.491 e. The lowest BCUT2D eigenvalue weighted by Gasteiger charge is -2.14. The van der Waals surface area contributed by atoms with Crippen molar-refractivity contribution >= 4 is 39.8 Å². The molecule has 0 spiro atoms. The Morgan fingerprint density at radius 1 is 1.10 bits per heavy atom. The molecule has 0 saturated carbocycles. The molecule has 0 amide bonds. The molecular formula is C22H31FIN3O3S. The first-order valence-electron chi connectivity index (χ1n) is 9.89. The third kappa shape index (κ3) is 10.3. The number of hydrogen-bond donors (Lipinski definition) is 2. The van der Waals surface area contributed by atoms with Crippen LogP contribution in [-0.4, -0.2) is 33.3 Å². The lowest BCUT2D eigenvalue weighted by atomic mass is 10.1. The van der Waals surface area contributed by atoms with E-state index >= 15 is 0 Å². The van der Waals surface area contributed by atoms with E-state index in [4.69, 9.17) is 4.74 Å². The maximum atomic E-state index is 13.7. The highest BCUT2D eigenvalue weighted by molar-refractivity contribution is 14.0. The molecule has 0 bridgehead atoms. The topological polar surface area (TPSA) is 79.8 Å². The molecule has 0 aliphatic heterocycles. The molecule has 0 aromatic heterocycles. The van der Waals surface area contributed by atoms with Crippen molar-refractivity contribution < 1.29 is 17.5 Å². The van der Waals surface area contributed by atoms with Crippen molar-refractivity contribution in [3.05, 3.63) is 65.0 Å². The Morgan fingerprint density at radius 3 is 2.35 bits per heavy atom. The summed E-state index contributed by atoms with van der Waals surface area (Å²) < 4.78 is 42.7. The Kier molecular flexibility index (Phi) is 11.3. The van der Waals surface area contributed by atoms with Gasteiger partial charge in [-0.3, -0.25) is 0 Å². The fraction of sp³-hybridized carbons (Fsp3) is 0.409. The monoisotopic (exact) mass is 563 g/mol. The zero-order valence-corrected chi connectivity index (χ0v) is 21.5. The molecule has 0 radical (unpaired) electrons. The Hall–Kier alpha value is -1.88. The summed E-state index contributed by atoms with van der Waals surface area (Å²) in [6.45, 7) is 7.28. The number of nitrogens with one attached hydrogen (secondary N) is 2. The Morgan fingerprint density at radius 2 is 1.77 bits per heavy atom. The zero-order valence-electron chi connectivity index (χ0n) is 18.3. The van der Waals surface area contributed by atoms with Gasteiger partial charge in [-0.1, -0.05) is 18.2 Å². The van der Waals surface area contributed by atoms with Gasteiger partial charge in [-0.05, 0) is 61.7 Å². The van der Waals surface area contributed by atoms with Crippen LogP contribution >= 0.6 is 24.0 Å². The Labute approximate surface area is 201 Å². The van der Waals surface area contributed by atoms with Crippen molar-refractivity contribution in [2.75, 3.05) is 12.8 Å². The van der Waals surface area contributed by atoms with Crippen molar-refractivity contribution in [2.45, 2.75) is 45.7 Å². The smallest absolute Gasteiger partial charge is 0.191 e. The maximum Gasteiger partial charge on any atom is 0.191 e. The van der Waals surface area contributed by atoms with Gasteiger partial charge < -0.3 is 15.4 Å². The van der Waals surface area contributed by atoms with Crippen LogP contribution in [0.1, 0.15) is 37.5 Å². The number of halogens is 2. The fourth-order valence-corrected chi connectivity index (χ4v) is 3.67. The summed E-state index contributed by atoms with van der Waals surface area (Å²) in [5.74, 6) is 0.833. The molecule has 0 unspecified atom stereocenters. The molecule has 0 aliphatic carbocycles. The molecule has 0 aliphatic rings. The largest absolute Gasteiger partial charge is 0.491 e. The fourth-order valence-electron chi connectivity index (χ4n) is 2.82. The number of sulfone groups is 1. The average molecular weight is 563 g/mol. The van der Waals surface area contributed by atoms with E-state index in [-0.39, 0.29) is 42.4 Å². The van der Waals surface area contributed by atoms with E-state index in [9.17, 15) is 12.8 Å². The van der Waals surface area contributed by atoms with Crippen LogP contribution in [0.2, 0.25) is 0 Å². The first kappa shape index (κ1) is 27.2. The first-order valence-corrected chi connectivity index (χ1v) is 11.9. The van der Waals surface area contributed by atoms with Crippen LogP contribution < -0.4 is 15.4 Å². The van der Waals surface area contributed by atoms with Crippen LogP contribution in [-0.2, 0) is 28.7 Å². The van der Waals surface area contributed by atoms with E-state index in [0.29, 0.717) is 30.2 Å². The number of hydrogen-bond acceptors (Lipinski definition) is 4. The van der Waals surface area contributed by atoms with Crippen LogP contribution in [0.15, 0.2) is 47.5 Å². The highest BCUT2D eigenvalue weighted by atomic mass is 127. The number of ether oxygens (including phenoxy) is 1. The Balaban J connectivity index is 0.00000480. The molecular weight excluding hydrogens is 532 g/mol. The van der Waals surface area contributed by atoms with E-state index in [2.05, 4.69) is 15.6 Å². The predicted molar refractivity (Wildman–Crippen MR) is 134 cm³/mol. The average Bonchev–Trinajstić information content (AvgIpc) is 2.65. The summed E-state index contributed by atoms with van der Waals surface area (Å²) in [5.41, 5.74) is 2.18. The Bertz CT molecular complexity index is 964. The van der Waals surface area contributed by atoms with E-state index < -0.39 is 15.7 Å². The van der Waals surface area contributed by atoms with Crippen LogP contribution in [0, 0.1) is 5.82 Å². The minimum absolute atomic E-state index is 0. The molecule has 2 aromatic rings. The van der Waals surface area contributed by atoms with Crippen molar-refractivity contribution in [3.8, 4) is 5.75 Å². The van der Waals surface area contributed by atoms with Gasteiger partial charge in [0, 0.05) is 19.3 Å². The van der Waals surface area contributed by atoms with Crippen molar-refractivity contribution in [3.63, 3.8) is 0 Å². The molecule has 172 valence electrons. The number of guanidine groups is 1. The molecule has 9 heteroatoms. The molecule has 0 fully saturated rings. The summed E-state index contributed by atoms with van der Waals surface area (Å²) in [6.07, 6.45) is 1.28. The summed E-state index contributed by atoms with van der Waals surface area (Å²) in [7, 11) is -3.23. The highest BCUT2D eigenvalue weighted by Gasteiger charge is 2.11. The number of rotatable bonds is 9. The van der Waals surface area contributed by atoms with Gasteiger partial charge in [0.15, 0.2) is 15.8 Å². The molecule has 2 rings (SSSR count). The van der Waals surface area contributed by atoms with Crippen molar-refractivity contribution in [2.24, 2.45) is 4.99 Å². The molecule has 0 heterocycles. The second-order valence-corrected chi connectivity index (χ2v) is 9.48. The number of nitrogens with zero attached hydrogens (tertiary/aromatic N) is 1. The lowest BCUT2D eigenvalue weighted by molar-refractivity contribution is 0.242. The van der Waals surface area contributed by atoms with Gasteiger partial charge in [-0.2, -0.15) is 0 Å². The normalized spacial score (nSPS) is 11.7. The molecule has 31 heavy (non-hydrogen) atoms. The molecule has 0 atom stereocenters. The third-order valence-electron chi connectivity index (χ3n) is 4.09. The van der Waals surface area contributed by atoms with Crippen molar-refractivity contribution in [1.82, 2.24) is 10.6 Å². The molecule has 6 nitrogen and oxygen atoms in total. The summed E-state index contributed by atoms with van der Waals surface area (Å²) >= 11 is 0. The standard InChI is InChI=1S/C22H30FN3O3S.HI/c1-5-24-22(25-13-17-6-10-21(11-7-17)29-16(2)3)26-14-19-12-20(23)9-8-18(19)15-30(4,27)28;/h6-12,16H,5,13-15H2,1-4H3,(H2,24,25,26);1H. The predicted octanol–water partition coefficient (Wildman–Crippen LogP) is 4.03. The number of benzene rings is 2. The van der Waals surface area contributed by atoms with Gasteiger partial charge >= 0.3 is 0 Å². The second-order valence-electron chi connectivity index (χ2n) is 7.34. The van der Waals surface area contributed by atoms with Crippen LogP contribution in [0.25, 0.3) is 0 Å². The van der Waals surface area contributed by atoms with Gasteiger partial charge in [0.05, 0.1) is 18.4 Å². The summed E-state index contributed by atoms with van der Waals surface area (Å²) in [4.78, 5) is 4.56. The minimum atomic E-state index is -3.23. The second kappa shape index (κ2) is 12.8. The van der Waals surface area contributed by atoms with Gasteiger partial charge in [0.25, 0.3) is 0 Å². The first-order chi connectivity index (χ1) is 14.2. The molecule has 2 N–H and O–H groups in total. The van der Waals surface area contributed by atoms with Gasteiger partial charge in [-0.15, -0.1) is 24.0 Å². The van der Waals surface area contributed by atoms with E-state index in [1.165, 1.54) is 18.2 Å². The van der Waals surface area contributed by atoms with E-state index in [0.717, 1.165) is 17.6 Å². The summed E-state index contributed by atoms with van der Waals surface area (Å²) in [6, 6.07) is 11.9. The van der Waals surface area contributed by atoms with Gasteiger partial charge in [0.1, 0.15) is 11.6 Å². The molecule has 2 aromatic carbocycles. The maximum absolute atomic E-state index is 13.7. The molecule has 0 saturated heterocycles. The third-order valence-corrected chi connectivity index (χ3v) is 4.93. The van der Waals surface area contributed by atoms with Gasteiger partial charge in [0.2, 0.25) is 0 Å². The van der Waals surface area contributed by atoms with Crippen molar-refractivity contribution in [1.29, 1.82) is 0 Å². The highest BCUT2D eigenvalue weighted by Crippen LogP contribution is 2.15. The van der Waals surface area contributed by atoms with E-state index in [1.54, 1.807) is 0 Å². The van der Waals surface area contributed by atoms with Crippen LogP contribution in [0.3, 0.4) is 0 Å². The van der Waals surface area contributed by atoms with Crippen LogP contribution in [0.5, 0.6) is 5.75 Å². The van der Waals surface area contributed by atoms with E-state index in [1.807, 2.05) is 45.0 Å². The van der Waals surface area contributed by atoms with Gasteiger partial charge in [-0.25, -0.2) is 17.8 Å². The van der Waals surface area contributed by atoms with Crippen LogP contribution in [0.4, 0.5) is 4.39 Å². The SMILES string of the molecule is CCNC(=NCc1ccc(OC(C)C)cc1)NCc1cc(F)ccc1CS(C)(=O)=O.I. The zero-order chi connectivity index (χ0) is 22.1. The lowest BCUT2D eigenvalue weighted by Crippen LogP contribution is -2.37. The summed E-state index contributed by atoms with van der Waals surface area (Å²) in [5, 5.41) is 6.30. The number of aliphatic imine (C=N–C) groups is 1.